The zero-order chi connectivity index (χ0) is 19.3. The zero-order valence-electron chi connectivity index (χ0n) is 12.3. The van der Waals surface area contributed by atoms with Crippen molar-refractivity contribution in [3.8, 4) is 0 Å². The van der Waals surface area contributed by atoms with Crippen LogP contribution in [0.5, 0.6) is 0 Å². The van der Waals surface area contributed by atoms with Gasteiger partial charge in [0, 0.05) is 10.8 Å². The largest absolute Gasteiger partial charge is 0.480 e. The SMILES string of the molecule is O=C(O)C(S)C(CC(CO)(CO)CO)(C(S)C(=O)O)C(S)C(=O)O. The van der Waals surface area contributed by atoms with E-state index in [-0.39, 0.29) is 0 Å². The fraction of sp³-hybridized carbons (Fsp3) is 0.750. The van der Waals surface area contributed by atoms with E-state index in [1.165, 1.54) is 0 Å². The van der Waals surface area contributed by atoms with E-state index in [1.54, 1.807) is 0 Å². The molecule has 0 aromatic rings. The van der Waals surface area contributed by atoms with E-state index < -0.39 is 70.7 Å². The molecular weight excluding hydrogens is 384 g/mol. The summed E-state index contributed by atoms with van der Waals surface area (Å²) in [5.74, 6) is -4.91. The van der Waals surface area contributed by atoms with Crippen LogP contribution in [0, 0.1) is 10.8 Å². The van der Waals surface area contributed by atoms with Gasteiger partial charge in [0.2, 0.25) is 0 Å². The molecule has 12 heteroatoms. The highest BCUT2D eigenvalue weighted by atomic mass is 32.1. The summed E-state index contributed by atoms with van der Waals surface area (Å²) < 4.78 is 0. The van der Waals surface area contributed by atoms with Crippen LogP contribution in [0.15, 0.2) is 0 Å². The van der Waals surface area contributed by atoms with E-state index in [0.717, 1.165) is 0 Å². The zero-order valence-corrected chi connectivity index (χ0v) is 15.0. The molecule has 0 fully saturated rings. The predicted octanol–water partition coefficient (Wildman–Crippen LogP) is -1.52. The van der Waals surface area contributed by atoms with Crippen molar-refractivity contribution in [1.82, 2.24) is 0 Å². The van der Waals surface area contributed by atoms with Gasteiger partial charge in [0.25, 0.3) is 0 Å². The highest BCUT2D eigenvalue weighted by Gasteiger charge is 2.59. The van der Waals surface area contributed by atoms with Crippen LogP contribution in [0.1, 0.15) is 6.42 Å². The van der Waals surface area contributed by atoms with Crippen LogP contribution in [0.2, 0.25) is 0 Å². The number of aliphatic hydroxyl groups excluding tert-OH is 3. The first-order chi connectivity index (χ1) is 11.0. The first kappa shape index (κ1) is 23.3. The van der Waals surface area contributed by atoms with Crippen LogP contribution in [0.25, 0.3) is 0 Å². The van der Waals surface area contributed by atoms with Crippen molar-refractivity contribution in [1.29, 1.82) is 0 Å². The average molecular weight is 404 g/mol. The van der Waals surface area contributed by atoms with Crippen molar-refractivity contribution in [3.05, 3.63) is 0 Å². The van der Waals surface area contributed by atoms with Crippen molar-refractivity contribution in [3.63, 3.8) is 0 Å². The number of rotatable bonds is 11. The van der Waals surface area contributed by atoms with Crippen molar-refractivity contribution < 1.29 is 45.0 Å². The van der Waals surface area contributed by atoms with Crippen LogP contribution < -0.4 is 0 Å². The fourth-order valence-corrected chi connectivity index (χ4v) is 3.92. The van der Waals surface area contributed by atoms with Gasteiger partial charge in [-0.2, -0.15) is 37.9 Å². The molecule has 0 amide bonds. The molecule has 0 bridgehead atoms. The van der Waals surface area contributed by atoms with Gasteiger partial charge in [-0.05, 0) is 6.42 Å². The van der Waals surface area contributed by atoms with E-state index in [0.29, 0.717) is 0 Å². The van der Waals surface area contributed by atoms with E-state index >= 15 is 0 Å². The molecule has 0 heterocycles. The van der Waals surface area contributed by atoms with Gasteiger partial charge in [0.1, 0.15) is 15.7 Å². The third kappa shape index (κ3) is 4.49. The highest BCUT2D eigenvalue weighted by Crippen LogP contribution is 2.48. The second-order valence-electron chi connectivity index (χ2n) is 5.49. The fourth-order valence-electron chi connectivity index (χ4n) is 2.40. The first-order valence-corrected chi connectivity index (χ1v) is 8.06. The number of aliphatic carboxylic acids is 3. The molecule has 0 aliphatic carbocycles. The van der Waals surface area contributed by atoms with Crippen LogP contribution >= 0.6 is 37.9 Å². The second-order valence-corrected chi connectivity index (χ2v) is 7.04. The number of carboxylic acids is 3. The summed E-state index contributed by atoms with van der Waals surface area (Å²) in [7, 11) is 0. The molecule has 0 radical (unpaired) electrons. The van der Waals surface area contributed by atoms with Gasteiger partial charge < -0.3 is 30.6 Å². The van der Waals surface area contributed by atoms with Crippen molar-refractivity contribution >= 4 is 55.8 Å². The summed E-state index contributed by atoms with van der Waals surface area (Å²) in [6.45, 7) is -2.58. The van der Waals surface area contributed by atoms with Crippen LogP contribution in [-0.2, 0) is 14.4 Å². The smallest absolute Gasteiger partial charge is 0.317 e. The standard InChI is InChI=1S/C12H20O9S3/c13-2-11(3-14,4-15)1-12(5(22)8(16)17,6(23)9(18)19)7(24)10(20)21/h5-7,13-15,22-24H,1-4H2,(H,16,17)(H,18,19)(H,20,21). The molecule has 0 rings (SSSR count). The molecule has 0 aliphatic rings. The number of carboxylic acid groups (broad SMARTS) is 3. The molecule has 24 heavy (non-hydrogen) atoms. The van der Waals surface area contributed by atoms with Crippen molar-refractivity contribution in [2.75, 3.05) is 19.8 Å². The van der Waals surface area contributed by atoms with Gasteiger partial charge in [-0.25, -0.2) is 0 Å². The van der Waals surface area contributed by atoms with E-state index in [4.69, 9.17) is 0 Å². The molecule has 3 atom stereocenters. The number of carbonyl (C=O) groups is 3. The Kier molecular flexibility index (Phi) is 8.90. The maximum atomic E-state index is 11.4. The van der Waals surface area contributed by atoms with Gasteiger partial charge in [-0.15, -0.1) is 0 Å². The second kappa shape index (κ2) is 9.15. The maximum absolute atomic E-state index is 11.4. The van der Waals surface area contributed by atoms with Crippen LogP contribution in [0.4, 0.5) is 0 Å². The van der Waals surface area contributed by atoms with Crippen molar-refractivity contribution in [2.45, 2.75) is 22.2 Å². The predicted molar refractivity (Wildman–Crippen MR) is 92.0 cm³/mol. The molecule has 0 saturated heterocycles. The minimum absolute atomic E-state index is 0.717. The number of hydrogen-bond acceptors (Lipinski definition) is 9. The number of hydrogen-bond donors (Lipinski definition) is 9. The highest BCUT2D eigenvalue weighted by molar-refractivity contribution is 7.84. The van der Waals surface area contributed by atoms with Gasteiger partial charge in [-0.1, -0.05) is 0 Å². The monoisotopic (exact) mass is 404 g/mol. The van der Waals surface area contributed by atoms with Crippen molar-refractivity contribution in [2.24, 2.45) is 10.8 Å². The van der Waals surface area contributed by atoms with E-state index in [2.05, 4.69) is 37.9 Å². The number of thiol groups is 3. The molecule has 140 valence electrons. The molecule has 0 aromatic carbocycles. The molecule has 9 nitrogen and oxygen atoms in total. The lowest BCUT2D eigenvalue weighted by Crippen LogP contribution is -2.59. The van der Waals surface area contributed by atoms with Crippen LogP contribution in [-0.4, -0.2) is 84.1 Å². The van der Waals surface area contributed by atoms with E-state index in [1.807, 2.05) is 0 Å². The normalized spacial score (nSPS) is 18.2. The van der Waals surface area contributed by atoms with Gasteiger partial charge in [0.15, 0.2) is 0 Å². The Labute approximate surface area is 153 Å². The Bertz CT molecular complexity index is 422. The first-order valence-electron chi connectivity index (χ1n) is 6.51. The topological polar surface area (TPSA) is 173 Å². The average Bonchev–Trinajstić information content (AvgIpc) is 2.54. The number of aliphatic hydroxyl groups is 3. The molecule has 3 unspecified atom stereocenters. The third-order valence-corrected chi connectivity index (χ3v) is 6.02. The van der Waals surface area contributed by atoms with Gasteiger partial charge in [0.05, 0.1) is 19.8 Å². The Morgan fingerprint density at radius 2 is 0.958 bits per heavy atom. The Morgan fingerprint density at radius 3 is 1.12 bits per heavy atom. The molecule has 0 spiro atoms. The Balaban J connectivity index is 6.53. The molecule has 6 N–H and O–H groups in total. The lowest BCUT2D eigenvalue weighted by molar-refractivity contribution is -0.148. The molecular formula is C12H20O9S3. The summed E-state index contributed by atoms with van der Waals surface area (Å²) in [6, 6.07) is 0. The van der Waals surface area contributed by atoms with Crippen LogP contribution in [0.3, 0.4) is 0 Å². The minimum atomic E-state index is -2.26. The van der Waals surface area contributed by atoms with Gasteiger partial charge in [-0.3, -0.25) is 14.4 Å². The third-order valence-electron chi connectivity index (χ3n) is 3.92. The summed E-state index contributed by atoms with van der Waals surface area (Å²) in [4.78, 5) is 34.3. The lowest BCUT2D eigenvalue weighted by Gasteiger charge is -2.46. The Morgan fingerprint density at radius 1 is 0.708 bits per heavy atom. The molecule has 0 aromatic heterocycles. The molecule has 0 saturated carbocycles. The summed E-state index contributed by atoms with van der Waals surface area (Å²) in [5, 5.41) is 50.6. The van der Waals surface area contributed by atoms with E-state index in [9.17, 15) is 45.0 Å². The lowest BCUT2D eigenvalue weighted by atomic mass is 9.65. The summed E-state index contributed by atoms with van der Waals surface area (Å²) in [6.07, 6.45) is -0.717. The molecule has 0 aliphatic heterocycles. The quantitative estimate of drug-likeness (QED) is 0.185. The van der Waals surface area contributed by atoms with Gasteiger partial charge >= 0.3 is 17.9 Å². The summed E-state index contributed by atoms with van der Waals surface area (Å²) in [5.41, 5.74) is -4.02. The Hall–Kier alpha value is -0.660. The minimum Gasteiger partial charge on any atom is -0.480 e. The maximum Gasteiger partial charge on any atom is 0.317 e. The summed E-state index contributed by atoms with van der Waals surface area (Å²) >= 11 is 11.5.